The minimum Gasteiger partial charge on any atom is -0.340 e. The Labute approximate surface area is 138 Å². The number of thiophene rings is 1. The normalized spacial score (nSPS) is 16.8. The van der Waals surface area contributed by atoms with Gasteiger partial charge in [-0.3, -0.25) is 9.69 Å². The number of hydrogen-bond acceptors (Lipinski definition) is 4. The zero-order valence-corrected chi connectivity index (χ0v) is 14.8. The number of amides is 1. The predicted molar refractivity (Wildman–Crippen MR) is 89.4 cm³/mol. The molecule has 0 aromatic carbocycles. The van der Waals surface area contributed by atoms with E-state index < -0.39 is 0 Å². The number of rotatable bonds is 4. The van der Waals surface area contributed by atoms with Gasteiger partial charge in [0.15, 0.2) is 0 Å². The summed E-state index contributed by atoms with van der Waals surface area (Å²) in [6, 6.07) is 2.38. The van der Waals surface area contributed by atoms with Gasteiger partial charge < -0.3 is 10.6 Å². The average molecular weight is 383 g/mol. The van der Waals surface area contributed by atoms with Crippen molar-refractivity contribution in [3.05, 3.63) is 20.8 Å². The molecule has 0 bridgehead atoms. The molecule has 1 amide bonds. The van der Waals surface area contributed by atoms with Crippen molar-refractivity contribution in [1.29, 1.82) is 0 Å². The Morgan fingerprint density at radius 3 is 2.75 bits per heavy atom. The van der Waals surface area contributed by atoms with Crippen LogP contribution in [0.3, 0.4) is 0 Å². The smallest absolute Gasteiger partial charge is 0.236 e. The molecule has 1 aliphatic rings. The van der Waals surface area contributed by atoms with E-state index in [4.69, 9.17) is 5.73 Å². The third-order valence-electron chi connectivity index (χ3n) is 3.43. The van der Waals surface area contributed by atoms with Gasteiger partial charge in [0.25, 0.3) is 0 Å². The van der Waals surface area contributed by atoms with Crippen molar-refractivity contribution in [1.82, 2.24) is 9.80 Å². The van der Waals surface area contributed by atoms with Crippen LogP contribution in [0.15, 0.2) is 15.9 Å². The van der Waals surface area contributed by atoms with Gasteiger partial charge in [-0.25, -0.2) is 0 Å². The fourth-order valence-corrected chi connectivity index (χ4v) is 3.69. The molecule has 0 saturated carbocycles. The van der Waals surface area contributed by atoms with Crippen LogP contribution < -0.4 is 5.73 Å². The summed E-state index contributed by atoms with van der Waals surface area (Å²) < 4.78 is 1.08. The fraction of sp³-hybridized carbons (Fsp3) is 0.615. The Morgan fingerprint density at radius 2 is 2.20 bits per heavy atom. The number of likely N-dealkylation sites (N-methyl/N-ethyl adjacent to an activating group) is 1. The molecular formula is C13H21BrClN3OS. The van der Waals surface area contributed by atoms with Crippen LogP contribution in [-0.4, -0.2) is 48.4 Å². The Kier molecular flexibility index (Phi) is 7.47. The highest BCUT2D eigenvalue weighted by molar-refractivity contribution is 9.10. The Balaban J connectivity index is 0.00000200. The number of piperidine rings is 1. The second-order valence-corrected chi connectivity index (χ2v) is 7.01. The van der Waals surface area contributed by atoms with Crippen molar-refractivity contribution < 1.29 is 4.79 Å². The highest BCUT2D eigenvalue weighted by Gasteiger charge is 2.20. The maximum absolute atomic E-state index is 12.1. The third kappa shape index (κ3) is 5.33. The van der Waals surface area contributed by atoms with Crippen molar-refractivity contribution in [2.24, 2.45) is 5.73 Å². The largest absolute Gasteiger partial charge is 0.340 e. The quantitative estimate of drug-likeness (QED) is 0.869. The first-order chi connectivity index (χ1) is 9.04. The van der Waals surface area contributed by atoms with E-state index in [9.17, 15) is 4.79 Å². The van der Waals surface area contributed by atoms with Gasteiger partial charge in [0.05, 0.1) is 13.1 Å². The standard InChI is InChI=1S/C13H20BrN3OS.ClH/c1-16(7-12-6-10(14)9-19-12)13(18)8-17-4-2-11(15)3-5-17;/h6,9,11H,2-5,7-8,15H2,1H3;1H. The molecule has 0 atom stereocenters. The molecular weight excluding hydrogens is 362 g/mol. The summed E-state index contributed by atoms with van der Waals surface area (Å²) in [5.74, 6) is 0.181. The lowest BCUT2D eigenvalue weighted by Crippen LogP contribution is -2.44. The SMILES string of the molecule is CN(Cc1cc(Br)cs1)C(=O)CN1CCC(N)CC1.Cl. The first-order valence-corrected chi connectivity index (χ1v) is 8.16. The second kappa shape index (κ2) is 8.34. The van der Waals surface area contributed by atoms with Crippen molar-refractivity contribution >= 4 is 45.6 Å². The number of nitrogens with zero attached hydrogens (tertiary/aromatic N) is 2. The van der Waals surface area contributed by atoms with Gasteiger partial charge >= 0.3 is 0 Å². The molecule has 7 heteroatoms. The number of likely N-dealkylation sites (tertiary alicyclic amines) is 1. The van der Waals surface area contributed by atoms with E-state index >= 15 is 0 Å². The first kappa shape index (κ1) is 17.9. The lowest BCUT2D eigenvalue weighted by atomic mass is 10.1. The highest BCUT2D eigenvalue weighted by Crippen LogP contribution is 2.21. The van der Waals surface area contributed by atoms with Gasteiger partial charge in [-0.15, -0.1) is 23.7 Å². The maximum Gasteiger partial charge on any atom is 0.236 e. The van der Waals surface area contributed by atoms with Crippen LogP contribution in [-0.2, 0) is 11.3 Å². The Bertz CT molecular complexity index is 435. The predicted octanol–water partition coefficient (Wildman–Crippen LogP) is 2.31. The average Bonchev–Trinajstić information content (AvgIpc) is 2.77. The lowest BCUT2D eigenvalue weighted by Gasteiger charge is -2.30. The minimum atomic E-state index is 0. The zero-order valence-electron chi connectivity index (χ0n) is 11.5. The first-order valence-electron chi connectivity index (χ1n) is 6.49. The van der Waals surface area contributed by atoms with Gasteiger partial charge in [0.2, 0.25) is 5.91 Å². The van der Waals surface area contributed by atoms with Gasteiger partial charge in [-0.2, -0.15) is 0 Å². The zero-order chi connectivity index (χ0) is 13.8. The van der Waals surface area contributed by atoms with E-state index in [-0.39, 0.29) is 18.3 Å². The Hall–Kier alpha value is -0.140. The lowest BCUT2D eigenvalue weighted by molar-refractivity contribution is -0.131. The van der Waals surface area contributed by atoms with E-state index in [0.717, 1.165) is 30.4 Å². The highest BCUT2D eigenvalue weighted by atomic mass is 79.9. The second-order valence-electron chi connectivity index (χ2n) is 5.09. The van der Waals surface area contributed by atoms with Crippen molar-refractivity contribution in [3.63, 3.8) is 0 Å². The summed E-state index contributed by atoms with van der Waals surface area (Å²) >= 11 is 5.10. The van der Waals surface area contributed by atoms with Crippen LogP contribution in [0.25, 0.3) is 0 Å². The molecule has 0 radical (unpaired) electrons. The van der Waals surface area contributed by atoms with Crippen LogP contribution >= 0.6 is 39.7 Å². The molecule has 0 spiro atoms. The van der Waals surface area contributed by atoms with Crippen molar-refractivity contribution in [3.8, 4) is 0 Å². The molecule has 0 unspecified atom stereocenters. The molecule has 1 aliphatic heterocycles. The van der Waals surface area contributed by atoms with Crippen molar-refractivity contribution in [2.75, 3.05) is 26.7 Å². The molecule has 2 heterocycles. The van der Waals surface area contributed by atoms with Gasteiger partial charge in [-0.1, -0.05) is 0 Å². The number of carbonyl (C=O) groups is 1. The van der Waals surface area contributed by atoms with Crippen LogP contribution in [0.2, 0.25) is 0 Å². The molecule has 20 heavy (non-hydrogen) atoms. The van der Waals surface area contributed by atoms with Crippen LogP contribution in [0.1, 0.15) is 17.7 Å². The Morgan fingerprint density at radius 1 is 1.55 bits per heavy atom. The monoisotopic (exact) mass is 381 g/mol. The van der Waals surface area contributed by atoms with Gasteiger partial charge in [0.1, 0.15) is 0 Å². The molecule has 4 nitrogen and oxygen atoms in total. The van der Waals surface area contributed by atoms with E-state index in [0.29, 0.717) is 19.1 Å². The molecule has 1 aromatic rings. The maximum atomic E-state index is 12.1. The summed E-state index contributed by atoms with van der Waals surface area (Å²) in [6.07, 6.45) is 1.99. The molecule has 1 aromatic heterocycles. The van der Waals surface area contributed by atoms with E-state index in [1.165, 1.54) is 4.88 Å². The number of hydrogen-bond donors (Lipinski definition) is 1. The van der Waals surface area contributed by atoms with Gasteiger partial charge in [-0.05, 0) is 34.8 Å². The van der Waals surface area contributed by atoms with E-state index in [1.807, 2.05) is 12.4 Å². The third-order valence-corrected chi connectivity index (χ3v) is 5.11. The van der Waals surface area contributed by atoms with Gasteiger partial charge in [0, 0.05) is 40.9 Å². The van der Waals surface area contributed by atoms with Crippen molar-refractivity contribution in [2.45, 2.75) is 25.4 Å². The van der Waals surface area contributed by atoms with Crippen LogP contribution in [0.5, 0.6) is 0 Å². The molecule has 2 rings (SSSR count). The minimum absolute atomic E-state index is 0. The number of nitrogens with two attached hydrogens (primary N) is 1. The summed E-state index contributed by atoms with van der Waals surface area (Å²) in [4.78, 5) is 17.3. The molecule has 0 aliphatic carbocycles. The van der Waals surface area contributed by atoms with Crippen LogP contribution in [0, 0.1) is 0 Å². The summed E-state index contributed by atoms with van der Waals surface area (Å²) in [5, 5.41) is 2.04. The van der Waals surface area contributed by atoms with E-state index in [2.05, 4.69) is 26.9 Å². The fourth-order valence-electron chi connectivity index (χ4n) is 2.18. The topological polar surface area (TPSA) is 49.6 Å². The summed E-state index contributed by atoms with van der Waals surface area (Å²) in [7, 11) is 1.87. The molecule has 114 valence electrons. The number of halogens is 2. The molecule has 1 fully saturated rings. The molecule has 1 saturated heterocycles. The summed E-state index contributed by atoms with van der Waals surface area (Å²) in [6.45, 7) is 3.06. The van der Waals surface area contributed by atoms with E-state index in [1.54, 1.807) is 16.2 Å². The summed E-state index contributed by atoms with van der Waals surface area (Å²) in [5.41, 5.74) is 5.87. The number of carbonyl (C=O) groups excluding carboxylic acids is 1. The van der Waals surface area contributed by atoms with Crippen LogP contribution in [0.4, 0.5) is 0 Å². The molecule has 2 N–H and O–H groups in total.